The number of carbonyl (C=O) groups excluding carboxylic acids is 4. The Morgan fingerprint density at radius 3 is 2.70 bits per heavy atom. The Balaban J connectivity index is 1.19. The number of hydrazine groups is 1. The Labute approximate surface area is 195 Å². The maximum Gasteiger partial charge on any atom is 0.348 e. The molecule has 2 aromatic rings. The summed E-state index contributed by atoms with van der Waals surface area (Å²) in [7, 11) is 0. The number of imide groups is 1. The number of carbonyl (C=O) groups is 4. The van der Waals surface area contributed by atoms with E-state index in [0.717, 1.165) is 41.7 Å². The molecule has 3 aliphatic rings. The summed E-state index contributed by atoms with van der Waals surface area (Å²) in [4.78, 5) is 51.5. The van der Waals surface area contributed by atoms with Crippen LogP contribution in [0.25, 0.3) is 10.4 Å². The fraction of sp³-hybridized carbons (Fsp3) is 0.417. The molecule has 172 valence electrons. The number of nitrogens with zero attached hydrogens (tertiary/aromatic N) is 1. The molecule has 9 heteroatoms. The molecule has 0 radical (unpaired) electrons. The van der Waals surface area contributed by atoms with Gasteiger partial charge in [0, 0.05) is 4.88 Å². The topological polar surface area (TPSA) is 105 Å². The van der Waals surface area contributed by atoms with E-state index in [1.807, 2.05) is 24.3 Å². The van der Waals surface area contributed by atoms with Crippen LogP contribution in [0.5, 0.6) is 0 Å². The summed E-state index contributed by atoms with van der Waals surface area (Å²) >= 11 is 1.35. The van der Waals surface area contributed by atoms with Crippen LogP contribution in [0, 0.1) is 5.92 Å². The molecule has 5 rings (SSSR count). The van der Waals surface area contributed by atoms with Crippen molar-refractivity contribution in [1.82, 2.24) is 15.8 Å². The molecule has 1 spiro atoms. The number of ether oxygens (including phenoxy) is 1. The number of esters is 1. The van der Waals surface area contributed by atoms with Crippen molar-refractivity contribution in [2.45, 2.75) is 51.0 Å². The molecule has 2 N–H and O–H groups in total. The summed E-state index contributed by atoms with van der Waals surface area (Å²) in [5.74, 6) is -1.29. The van der Waals surface area contributed by atoms with Crippen LogP contribution in [0.1, 0.15) is 53.4 Å². The first kappa shape index (κ1) is 21.6. The minimum absolute atomic E-state index is 0.426. The van der Waals surface area contributed by atoms with Gasteiger partial charge in [-0.1, -0.05) is 31.2 Å². The third-order valence-corrected chi connectivity index (χ3v) is 7.99. The number of thiophene rings is 1. The summed E-state index contributed by atoms with van der Waals surface area (Å²) in [5, 5.41) is 3.45. The molecule has 33 heavy (non-hydrogen) atoms. The van der Waals surface area contributed by atoms with Gasteiger partial charge in [0.25, 0.3) is 11.8 Å². The summed E-state index contributed by atoms with van der Waals surface area (Å²) in [5.41, 5.74) is 4.83. The van der Waals surface area contributed by atoms with E-state index in [9.17, 15) is 19.2 Å². The van der Waals surface area contributed by atoms with Crippen LogP contribution in [0.15, 0.2) is 30.3 Å². The number of aryl methyl sites for hydroxylation is 2. The van der Waals surface area contributed by atoms with Crippen molar-refractivity contribution >= 4 is 35.2 Å². The minimum atomic E-state index is -0.945. The van der Waals surface area contributed by atoms with Gasteiger partial charge in [-0.25, -0.2) is 9.59 Å². The lowest BCUT2D eigenvalue weighted by Crippen LogP contribution is -2.52. The smallest absolute Gasteiger partial charge is 0.348 e. The summed E-state index contributed by atoms with van der Waals surface area (Å²) in [6.45, 7) is 1.53. The molecule has 1 aromatic carbocycles. The van der Waals surface area contributed by atoms with E-state index >= 15 is 0 Å². The van der Waals surface area contributed by atoms with Gasteiger partial charge in [0.1, 0.15) is 10.4 Å². The molecule has 8 nitrogen and oxygen atoms in total. The molecular formula is C24H25N3O5S. The standard InChI is InChI=1S/C24H25N3O5S/c1-14-8-10-24(11-9-14)22(30)27(23(31)25-24)26-19(28)13-32-21(29)18-12-16-7-6-15-4-2-3-5-17(15)20(16)33-18/h2-5,12,14H,6-11,13H2,1H3,(H,25,31)(H,26,28). The zero-order valence-corrected chi connectivity index (χ0v) is 19.1. The lowest BCUT2D eigenvalue weighted by molar-refractivity contribution is -0.141. The third kappa shape index (κ3) is 3.90. The highest BCUT2D eigenvalue weighted by Crippen LogP contribution is 2.40. The largest absolute Gasteiger partial charge is 0.451 e. The highest BCUT2D eigenvalue weighted by atomic mass is 32.1. The Bertz CT molecular complexity index is 1150. The first-order chi connectivity index (χ1) is 15.9. The van der Waals surface area contributed by atoms with E-state index in [2.05, 4.69) is 23.7 Å². The van der Waals surface area contributed by atoms with Crippen molar-refractivity contribution in [3.8, 4) is 10.4 Å². The van der Waals surface area contributed by atoms with Crippen molar-refractivity contribution in [2.75, 3.05) is 6.61 Å². The van der Waals surface area contributed by atoms with E-state index in [1.165, 1.54) is 16.9 Å². The predicted molar refractivity (Wildman–Crippen MR) is 121 cm³/mol. The predicted octanol–water partition coefficient (Wildman–Crippen LogP) is 3.20. The molecular weight excluding hydrogens is 442 g/mol. The van der Waals surface area contributed by atoms with Crippen LogP contribution < -0.4 is 10.7 Å². The Morgan fingerprint density at radius 1 is 1.18 bits per heavy atom. The van der Waals surface area contributed by atoms with Crippen LogP contribution in [0.3, 0.4) is 0 Å². The first-order valence-corrected chi connectivity index (χ1v) is 12.0. The fourth-order valence-corrected chi connectivity index (χ4v) is 6.01. The van der Waals surface area contributed by atoms with Gasteiger partial charge in [-0.3, -0.25) is 15.0 Å². The maximum atomic E-state index is 12.8. The lowest BCUT2D eigenvalue weighted by atomic mass is 9.77. The molecule has 2 fully saturated rings. The number of hydrogen-bond acceptors (Lipinski definition) is 6. The van der Waals surface area contributed by atoms with Crippen LogP contribution in [-0.2, 0) is 27.2 Å². The van der Waals surface area contributed by atoms with Crippen molar-refractivity contribution in [1.29, 1.82) is 0 Å². The molecule has 0 atom stereocenters. The summed E-state index contributed by atoms with van der Waals surface area (Å²) in [6.07, 6.45) is 4.53. The van der Waals surface area contributed by atoms with Gasteiger partial charge >= 0.3 is 12.0 Å². The zero-order valence-electron chi connectivity index (χ0n) is 18.3. The number of fused-ring (bicyclic) bond motifs is 3. The van der Waals surface area contributed by atoms with Crippen LogP contribution >= 0.6 is 11.3 Å². The first-order valence-electron chi connectivity index (χ1n) is 11.2. The number of amides is 4. The van der Waals surface area contributed by atoms with E-state index in [0.29, 0.717) is 28.6 Å². The van der Waals surface area contributed by atoms with Crippen molar-refractivity contribution in [3.05, 3.63) is 46.3 Å². The van der Waals surface area contributed by atoms with Crippen molar-refractivity contribution in [2.24, 2.45) is 5.92 Å². The van der Waals surface area contributed by atoms with E-state index < -0.39 is 36.0 Å². The average molecular weight is 468 g/mol. The molecule has 2 aliphatic carbocycles. The zero-order chi connectivity index (χ0) is 23.2. The number of hydrogen-bond donors (Lipinski definition) is 2. The number of rotatable bonds is 4. The van der Waals surface area contributed by atoms with Gasteiger partial charge in [-0.2, -0.15) is 5.01 Å². The van der Waals surface area contributed by atoms with Gasteiger partial charge in [0.05, 0.1) is 0 Å². The molecule has 0 unspecified atom stereocenters. The third-order valence-electron chi connectivity index (χ3n) is 6.80. The molecule has 1 saturated heterocycles. The number of benzene rings is 1. The highest BCUT2D eigenvalue weighted by Gasteiger charge is 2.52. The molecule has 4 amide bonds. The van der Waals surface area contributed by atoms with Crippen molar-refractivity contribution < 1.29 is 23.9 Å². The Kier molecular flexibility index (Phi) is 5.44. The molecule has 0 bridgehead atoms. The van der Waals surface area contributed by atoms with E-state index in [4.69, 9.17) is 4.74 Å². The second kappa shape index (κ2) is 8.30. The Morgan fingerprint density at radius 2 is 1.91 bits per heavy atom. The molecule has 1 saturated carbocycles. The van der Waals surface area contributed by atoms with Crippen LogP contribution in [-0.4, -0.2) is 41.0 Å². The molecule has 1 aliphatic heterocycles. The van der Waals surface area contributed by atoms with Gasteiger partial charge in [0.2, 0.25) is 0 Å². The summed E-state index contributed by atoms with van der Waals surface area (Å²) < 4.78 is 5.18. The molecule has 2 heterocycles. The van der Waals surface area contributed by atoms with Crippen LogP contribution in [0.4, 0.5) is 4.79 Å². The average Bonchev–Trinajstić information content (AvgIpc) is 3.35. The van der Waals surface area contributed by atoms with E-state index in [1.54, 1.807) is 0 Å². The van der Waals surface area contributed by atoms with Gasteiger partial charge < -0.3 is 10.1 Å². The second-order valence-electron chi connectivity index (χ2n) is 9.07. The quantitative estimate of drug-likeness (QED) is 0.531. The SMILES string of the molecule is CC1CCC2(CC1)NC(=O)N(NC(=O)COC(=O)c1cc3c(s1)-c1ccccc1CC3)C2=O. The number of urea groups is 1. The summed E-state index contributed by atoms with van der Waals surface area (Å²) in [6, 6.07) is 9.29. The fourth-order valence-electron chi connectivity index (χ4n) is 4.85. The molecule has 1 aromatic heterocycles. The second-order valence-corrected chi connectivity index (χ2v) is 10.1. The maximum absolute atomic E-state index is 12.8. The monoisotopic (exact) mass is 467 g/mol. The minimum Gasteiger partial charge on any atom is -0.451 e. The van der Waals surface area contributed by atoms with E-state index in [-0.39, 0.29) is 0 Å². The van der Waals surface area contributed by atoms with Gasteiger partial charge in [-0.05, 0) is 67.2 Å². The van der Waals surface area contributed by atoms with Gasteiger partial charge in [-0.15, -0.1) is 11.3 Å². The van der Waals surface area contributed by atoms with Gasteiger partial charge in [0.15, 0.2) is 6.61 Å². The normalized spacial score (nSPS) is 23.7. The Hall–Kier alpha value is -3.20. The highest BCUT2D eigenvalue weighted by molar-refractivity contribution is 7.17. The number of nitrogens with one attached hydrogen (secondary N) is 2. The van der Waals surface area contributed by atoms with Crippen LogP contribution in [0.2, 0.25) is 0 Å². The lowest BCUT2D eigenvalue weighted by Gasteiger charge is -2.33. The van der Waals surface area contributed by atoms with Crippen molar-refractivity contribution in [3.63, 3.8) is 0 Å².